The molecule has 0 aliphatic rings. The standard InChI is InChI=1S/C24H22BrN5O/c1-3-12-29-23-13-20(8-9-21(23)22-10-11-26-16(2)24(22)29)31-15-18-14-30(28-27-18)19-6-4-17(25)5-7-19/h4-11,13-14H,3,12,15H2,1-2H3. The summed E-state index contributed by atoms with van der Waals surface area (Å²) >= 11 is 3.45. The Morgan fingerprint density at radius 1 is 1.03 bits per heavy atom. The van der Waals surface area contributed by atoms with E-state index in [1.54, 1.807) is 4.68 Å². The fourth-order valence-electron chi connectivity index (χ4n) is 3.99. The number of benzene rings is 2. The van der Waals surface area contributed by atoms with E-state index in [4.69, 9.17) is 4.74 Å². The van der Waals surface area contributed by atoms with Gasteiger partial charge >= 0.3 is 0 Å². The van der Waals surface area contributed by atoms with Crippen molar-refractivity contribution in [1.29, 1.82) is 0 Å². The van der Waals surface area contributed by atoms with Crippen molar-refractivity contribution < 1.29 is 4.74 Å². The fourth-order valence-corrected chi connectivity index (χ4v) is 4.25. The molecule has 0 atom stereocenters. The Labute approximate surface area is 188 Å². The molecular weight excluding hydrogens is 454 g/mol. The molecule has 3 heterocycles. The molecule has 0 aliphatic carbocycles. The van der Waals surface area contributed by atoms with Gasteiger partial charge < -0.3 is 9.30 Å². The molecule has 7 heteroatoms. The largest absolute Gasteiger partial charge is 0.487 e. The first-order valence-electron chi connectivity index (χ1n) is 10.3. The second-order valence-corrected chi connectivity index (χ2v) is 8.46. The van der Waals surface area contributed by atoms with E-state index in [0.29, 0.717) is 6.61 Å². The second kappa shape index (κ2) is 8.15. The Balaban J connectivity index is 1.42. The third kappa shape index (κ3) is 3.70. The number of aryl methyl sites for hydroxylation is 2. The molecule has 0 saturated carbocycles. The van der Waals surface area contributed by atoms with Crippen LogP contribution in [0.25, 0.3) is 27.5 Å². The van der Waals surface area contributed by atoms with Crippen LogP contribution in [0, 0.1) is 6.92 Å². The number of rotatable bonds is 6. The summed E-state index contributed by atoms with van der Waals surface area (Å²) in [6, 6.07) is 16.3. The normalized spacial score (nSPS) is 11.5. The maximum atomic E-state index is 6.08. The van der Waals surface area contributed by atoms with Crippen LogP contribution in [0.15, 0.2) is 65.4 Å². The molecule has 6 nitrogen and oxygen atoms in total. The van der Waals surface area contributed by atoms with E-state index in [-0.39, 0.29) is 0 Å². The maximum absolute atomic E-state index is 6.08. The van der Waals surface area contributed by atoms with Crippen LogP contribution in [-0.2, 0) is 13.2 Å². The monoisotopic (exact) mass is 475 g/mol. The van der Waals surface area contributed by atoms with Crippen molar-refractivity contribution in [3.63, 3.8) is 0 Å². The van der Waals surface area contributed by atoms with Gasteiger partial charge in [-0.15, -0.1) is 5.10 Å². The Bertz CT molecular complexity index is 1370. The second-order valence-electron chi connectivity index (χ2n) is 7.54. The molecule has 0 radical (unpaired) electrons. The lowest BCUT2D eigenvalue weighted by Gasteiger charge is -2.08. The number of fused-ring (bicyclic) bond motifs is 3. The predicted octanol–water partition coefficient (Wildman–Crippen LogP) is 5.83. The predicted molar refractivity (Wildman–Crippen MR) is 126 cm³/mol. The van der Waals surface area contributed by atoms with Crippen LogP contribution in [0.1, 0.15) is 24.7 Å². The molecule has 2 aromatic carbocycles. The van der Waals surface area contributed by atoms with Gasteiger partial charge in [-0.05, 0) is 55.8 Å². The van der Waals surface area contributed by atoms with Crippen LogP contribution in [0.3, 0.4) is 0 Å². The molecule has 0 saturated heterocycles. The summed E-state index contributed by atoms with van der Waals surface area (Å²) in [5.74, 6) is 0.816. The molecule has 0 spiro atoms. The third-order valence-electron chi connectivity index (χ3n) is 5.39. The van der Waals surface area contributed by atoms with Gasteiger partial charge in [-0.2, -0.15) is 0 Å². The Kier molecular flexibility index (Phi) is 5.19. The number of ether oxygens (including phenoxy) is 1. The first-order valence-corrected chi connectivity index (χ1v) is 11.1. The number of hydrogen-bond donors (Lipinski definition) is 0. The first kappa shape index (κ1) is 19.8. The Hall–Kier alpha value is -3.19. The van der Waals surface area contributed by atoms with Crippen molar-refractivity contribution in [1.82, 2.24) is 24.5 Å². The van der Waals surface area contributed by atoms with Crippen molar-refractivity contribution >= 4 is 37.7 Å². The van der Waals surface area contributed by atoms with Crippen molar-refractivity contribution in [2.75, 3.05) is 0 Å². The van der Waals surface area contributed by atoms with Crippen molar-refractivity contribution in [3.8, 4) is 11.4 Å². The first-order chi connectivity index (χ1) is 15.1. The topological polar surface area (TPSA) is 57.8 Å². The molecule has 0 fully saturated rings. The van der Waals surface area contributed by atoms with E-state index in [1.807, 2.05) is 42.7 Å². The molecule has 0 aliphatic heterocycles. The van der Waals surface area contributed by atoms with Gasteiger partial charge in [0.1, 0.15) is 18.1 Å². The summed E-state index contributed by atoms with van der Waals surface area (Å²) in [5.41, 5.74) is 5.15. The van der Waals surface area contributed by atoms with Crippen molar-refractivity contribution in [2.45, 2.75) is 33.4 Å². The van der Waals surface area contributed by atoms with Crippen molar-refractivity contribution in [2.24, 2.45) is 0 Å². The zero-order chi connectivity index (χ0) is 21.4. The van der Waals surface area contributed by atoms with Crippen LogP contribution < -0.4 is 4.74 Å². The van der Waals surface area contributed by atoms with Crippen molar-refractivity contribution in [3.05, 3.63) is 76.8 Å². The van der Waals surface area contributed by atoms with Crippen LogP contribution in [-0.4, -0.2) is 24.5 Å². The molecule has 5 aromatic rings. The highest BCUT2D eigenvalue weighted by Gasteiger charge is 2.14. The van der Waals surface area contributed by atoms with Gasteiger partial charge in [0.15, 0.2) is 0 Å². The minimum atomic E-state index is 0.358. The number of nitrogens with zero attached hydrogens (tertiary/aromatic N) is 5. The van der Waals surface area contributed by atoms with E-state index >= 15 is 0 Å². The average Bonchev–Trinajstić information content (AvgIpc) is 3.37. The van der Waals surface area contributed by atoms with Crippen LogP contribution in [0.5, 0.6) is 5.75 Å². The van der Waals surface area contributed by atoms with Gasteiger partial charge in [0.05, 0.1) is 28.6 Å². The lowest BCUT2D eigenvalue weighted by Crippen LogP contribution is -1.99. The molecule has 5 rings (SSSR count). The summed E-state index contributed by atoms with van der Waals surface area (Å²) < 4.78 is 11.2. The lowest BCUT2D eigenvalue weighted by molar-refractivity contribution is 0.301. The Morgan fingerprint density at radius 3 is 2.68 bits per heavy atom. The molecule has 156 valence electrons. The van der Waals surface area contributed by atoms with Gasteiger partial charge in [0, 0.05) is 34.1 Å². The molecule has 0 bridgehead atoms. The van der Waals surface area contributed by atoms with Gasteiger partial charge in [-0.1, -0.05) is 28.1 Å². The summed E-state index contributed by atoms with van der Waals surface area (Å²) in [5, 5.41) is 10.9. The van der Waals surface area contributed by atoms with Crippen LogP contribution >= 0.6 is 15.9 Å². The van der Waals surface area contributed by atoms with Crippen LogP contribution in [0.2, 0.25) is 0 Å². The van der Waals surface area contributed by atoms with Gasteiger partial charge in [0.2, 0.25) is 0 Å². The van der Waals surface area contributed by atoms with Gasteiger partial charge in [0.25, 0.3) is 0 Å². The highest BCUT2D eigenvalue weighted by Crippen LogP contribution is 2.33. The summed E-state index contributed by atoms with van der Waals surface area (Å²) in [6.45, 7) is 5.56. The summed E-state index contributed by atoms with van der Waals surface area (Å²) in [6.07, 6.45) is 4.83. The Morgan fingerprint density at radius 2 is 1.87 bits per heavy atom. The summed E-state index contributed by atoms with van der Waals surface area (Å²) in [4.78, 5) is 4.50. The van der Waals surface area contributed by atoms with Crippen LogP contribution in [0.4, 0.5) is 0 Å². The highest BCUT2D eigenvalue weighted by atomic mass is 79.9. The molecular formula is C24H22BrN5O. The molecule has 0 unspecified atom stereocenters. The number of halogens is 1. The van der Waals surface area contributed by atoms with E-state index < -0.39 is 0 Å². The molecule has 0 N–H and O–H groups in total. The lowest BCUT2D eigenvalue weighted by atomic mass is 10.1. The van der Waals surface area contributed by atoms with Gasteiger partial charge in [-0.25, -0.2) is 4.68 Å². The average molecular weight is 476 g/mol. The smallest absolute Gasteiger partial charge is 0.134 e. The maximum Gasteiger partial charge on any atom is 0.134 e. The minimum absolute atomic E-state index is 0.358. The van der Waals surface area contributed by atoms with E-state index in [1.165, 1.54) is 21.8 Å². The number of pyridine rings is 1. The van der Waals surface area contributed by atoms with E-state index in [9.17, 15) is 0 Å². The fraction of sp³-hybridized carbons (Fsp3) is 0.208. The highest BCUT2D eigenvalue weighted by molar-refractivity contribution is 9.10. The van der Waals surface area contributed by atoms with E-state index in [0.717, 1.165) is 40.3 Å². The quantitative estimate of drug-likeness (QED) is 0.310. The molecule has 0 amide bonds. The summed E-state index contributed by atoms with van der Waals surface area (Å²) in [7, 11) is 0. The minimum Gasteiger partial charge on any atom is -0.487 e. The number of aromatic nitrogens is 5. The SMILES string of the molecule is CCCn1c2cc(OCc3cn(-c4ccc(Br)cc4)nn3)ccc2c2ccnc(C)c21. The molecule has 31 heavy (non-hydrogen) atoms. The van der Waals surface area contributed by atoms with E-state index in [2.05, 4.69) is 67.8 Å². The zero-order valence-electron chi connectivity index (χ0n) is 17.4. The third-order valence-corrected chi connectivity index (χ3v) is 5.92. The molecule has 3 aromatic heterocycles. The number of hydrogen-bond acceptors (Lipinski definition) is 4. The van der Waals surface area contributed by atoms with Gasteiger partial charge in [-0.3, -0.25) is 4.98 Å². The zero-order valence-corrected chi connectivity index (χ0v) is 19.0.